The number of fused-ring (bicyclic) bond motifs is 1. The highest BCUT2D eigenvalue weighted by atomic mass is 32.2. The topological polar surface area (TPSA) is 69.7 Å². The van der Waals surface area contributed by atoms with Gasteiger partial charge in [-0.3, -0.25) is 9.69 Å². The van der Waals surface area contributed by atoms with E-state index < -0.39 is 21.8 Å². The summed E-state index contributed by atoms with van der Waals surface area (Å²) < 4.78 is 66.9. The van der Waals surface area contributed by atoms with Crippen molar-refractivity contribution in [1.82, 2.24) is 14.5 Å². The summed E-state index contributed by atoms with van der Waals surface area (Å²) in [7, 11) is -4.05. The third-order valence-corrected chi connectivity index (χ3v) is 9.36. The Morgan fingerprint density at radius 3 is 2.50 bits per heavy atom. The van der Waals surface area contributed by atoms with Gasteiger partial charge in [-0.15, -0.1) is 0 Å². The Bertz CT molecular complexity index is 993. The van der Waals surface area contributed by atoms with E-state index in [4.69, 9.17) is 0 Å². The first-order valence-electron chi connectivity index (χ1n) is 12.2. The van der Waals surface area contributed by atoms with Crippen molar-refractivity contribution in [2.45, 2.75) is 69.1 Å². The van der Waals surface area contributed by atoms with Crippen LogP contribution in [0.5, 0.6) is 0 Å². The zero-order valence-electron chi connectivity index (χ0n) is 19.7. The highest BCUT2D eigenvalue weighted by Crippen LogP contribution is 2.41. The number of carbonyl (C=O) groups is 1. The maximum Gasteiger partial charge on any atom is 0.416 e. The molecule has 0 aromatic heterocycles. The van der Waals surface area contributed by atoms with Crippen molar-refractivity contribution in [3.8, 4) is 0 Å². The molecule has 2 saturated heterocycles. The second-order valence-corrected chi connectivity index (χ2v) is 12.3. The third-order valence-electron chi connectivity index (χ3n) is 7.53. The van der Waals surface area contributed by atoms with E-state index in [1.54, 1.807) is 0 Å². The minimum atomic E-state index is -4.61. The number of hydrogen-bond acceptors (Lipinski definition) is 4. The van der Waals surface area contributed by atoms with Gasteiger partial charge in [0.05, 0.1) is 16.5 Å². The quantitative estimate of drug-likeness (QED) is 0.618. The Labute approximate surface area is 199 Å². The number of alkyl halides is 3. The third kappa shape index (κ3) is 5.28. The molecule has 190 valence electrons. The molecule has 1 aromatic carbocycles. The van der Waals surface area contributed by atoms with Crippen LogP contribution in [-0.4, -0.2) is 61.8 Å². The maximum atomic E-state index is 13.3. The van der Waals surface area contributed by atoms with Crippen molar-refractivity contribution >= 4 is 15.9 Å². The summed E-state index contributed by atoms with van der Waals surface area (Å²) in [5.41, 5.74) is -0.976. The van der Waals surface area contributed by atoms with Crippen molar-refractivity contribution < 1.29 is 26.4 Å². The Morgan fingerprint density at radius 1 is 1.15 bits per heavy atom. The van der Waals surface area contributed by atoms with E-state index in [-0.39, 0.29) is 47.8 Å². The average Bonchev–Trinajstić information content (AvgIpc) is 3.50. The Balaban J connectivity index is 1.45. The molecule has 2 aliphatic heterocycles. The number of nitrogens with one attached hydrogen (secondary N) is 1. The molecule has 10 heteroatoms. The number of carbonyl (C=O) groups excluding carboxylic acids is 1. The molecular weight excluding hydrogens is 467 g/mol. The molecule has 3 fully saturated rings. The van der Waals surface area contributed by atoms with Crippen LogP contribution in [0.4, 0.5) is 13.2 Å². The lowest BCUT2D eigenvalue weighted by Crippen LogP contribution is -2.50. The molecule has 0 spiro atoms. The molecule has 1 aromatic rings. The van der Waals surface area contributed by atoms with Crippen molar-refractivity contribution in [2.24, 2.45) is 17.8 Å². The molecule has 0 unspecified atom stereocenters. The fourth-order valence-electron chi connectivity index (χ4n) is 5.78. The number of benzene rings is 1. The number of hydrogen-bond donors (Lipinski definition) is 1. The van der Waals surface area contributed by atoms with Gasteiger partial charge in [-0.05, 0) is 81.1 Å². The zero-order chi connectivity index (χ0) is 24.7. The van der Waals surface area contributed by atoms with Crippen LogP contribution in [0.15, 0.2) is 29.2 Å². The van der Waals surface area contributed by atoms with Gasteiger partial charge in [0, 0.05) is 19.1 Å². The highest BCUT2D eigenvalue weighted by Gasteiger charge is 2.47. The monoisotopic (exact) mass is 501 g/mol. The van der Waals surface area contributed by atoms with Crippen LogP contribution in [0.1, 0.15) is 51.5 Å². The minimum absolute atomic E-state index is 0.0143. The second-order valence-electron chi connectivity index (χ2n) is 10.4. The molecular formula is C24H34F3N3O3S. The van der Waals surface area contributed by atoms with Crippen LogP contribution >= 0.6 is 0 Å². The first-order valence-corrected chi connectivity index (χ1v) is 13.6. The predicted molar refractivity (Wildman–Crippen MR) is 122 cm³/mol. The lowest BCUT2D eigenvalue weighted by molar-refractivity contribution is -0.137. The number of halogens is 3. The number of amides is 1. The van der Waals surface area contributed by atoms with Gasteiger partial charge < -0.3 is 5.32 Å². The van der Waals surface area contributed by atoms with E-state index >= 15 is 0 Å². The molecule has 6 nitrogen and oxygen atoms in total. The number of rotatable bonds is 7. The standard InChI is InChI=1S/C24H34F3N3O3S/c1-16(2)12-22(29-10-3-4-11-29)23(31)28-21-9-8-17-14-30(15-20(17)21)34(32,33)19-7-5-6-18(13-19)24(25,26)27/h5-7,13,16-17,20-22H,3-4,8-12,14-15H2,1-2H3,(H,28,31)/t17-,20+,21+,22-/m0/s1. The van der Waals surface area contributed by atoms with E-state index in [0.717, 1.165) is 57.3 Å². The summed E-state index contributed by atoms with van der Waals surface area (Å²) in [5, 5.41) is 3.22. The van der Waals surface area contributed by atoms with Crippen molar-refractivity contribution in [3.05, 3.63) is 29.8 Å². The minimum Gasteiger partial charge on any atom is -0.352 e. The SMILES string of the molecule is CC(C)C[C@@H](C(=O)N[C@@H]1CC[C@H]2CN(S(=O)(=O)c3cccc(C(F)(F)F)c3)C[C@H]21)N1CCCC1. The number of sulfonamides is 1. The summed E-state index contributed by atoms with van der Waals surface area (Å²) >= 11 is 0. The van der Waals surface area contributed by atoms with E-state index in [1.165, 1.54) is 10.4 Å². The molecule has 1 aliphatic carbocycles. The molecule has 1 amide bonds. The van der Waals surface area contributed by atoms with Crippen LogP contribution < -0.4 is 5.32 Å². The van der Waals surface area contributed by atoms with Crippen LogP contribution in [0.3, 0.4) is 0 Å². The van der Waals surface area contributed by atoms with Gasteiger partial charge in [-0.25, -0.2) is 8.42 Å². The largest absolute Gasteiger partial charge is 0.416 e. The Hall–Kier alpha value is -1.65. The lowest BCUT2D eigenvalue weighted by Gasteiger charge is -2.30. The van der Waals surface area contributed by atoms with Crippen molar-refractivity contribution in [2.75, 3.05) is 26.2 Å². The molecule has 4 rings (SSSR count). The molecule has 0 radical (unpaired) electrons. The highest BCUT2D eigenvalue weighted by molar-refractivity contribution is 7.89. The summed E-state index contributed by atoms with van der Waals surface area (Å²) in [4.78, 5) is 15.2. The zero-order valence-corrected chi connectivity index (χ0v) is 20.5. The molecule has 34 heavy (non-hydrogen) atoms. The second kappa shape index (κ2) is 9.78. The number of likely N-dealkylation sites (tertiary alicyclic amines) is 1. The van der Waals surface area contributed by atoms with Crippen molar-refractivity contribution in [1.29, 1.82) is 0 Å². The van der Waals surface area contributed by atoms with E-state index in [0.29, 0.717) is 12.0 Å². The summed E-state index contributed by atoms with van der Waals surface area (Å²) in [6.45, 7) is 6.55. The fraction of sp³-hybridized carbons (Fsp3) is 0.708. The van der Waals surface area contributed by atoms with Gasteiger partial charge in [-0.1, -0.05) is 19.9 Å². The van der Waals surface area contributed by atoms with E-state index in [9.17, 15) is 26.4 Å². The van der Waals surface area contributed by atoms with E-state index in [2.05, 4.69) is 24.1 Å². The molecule has 1 N–H and O–H groups in total. The van der Waals surface area contributed by atoms with Gasteiger partial charge in [-0.2, -0.15) is 17.5 Å². The lowest BCUT2D eigenvalue weighted by atomic mass is 9.96. The molecule has 0 bridgehead atoms. The first kappa shape index (κ1) is 25.4. The summed E-state index contributed by atoms with van der Waals surface area (Å²) in [5.74, 6) is 0.469. The molecule has 4 atom stereocenters. The predicted octanol–water partition coefficient (Wildman–Crippen LogP) is 3.73. The molecule has 3 aliphatic rings. The van der Waals surface area contributed by atoms with Crippen LogP contribution in [0, 0.1) is 17.8 Å². The smallest absolute Gasteiger partial charge is 0.352 e. The van der Waals surface area contributed by atoms with Crippen LogP contribution in [0.25, 0.3) is 0 Å². The average molecular weight is 502 g/mol. The Morgan fingerprint density at radius 2 is 1.85 bits per heavy atom. The fourth-order valence-corrected chi connectivity index (χ4v) is 7.36. The summed E-state index contributed by atoms with van der Waals surface area (Å²) in [6, 6.07) is 3.63. The van der Waals surface area contributed by atoms with Gasteiger partial charge in [0.1, 0.15) is 0 Å². The molecule has 2 heterocycles. The van der Waals surface area contributed by atoms with Gasteiger partial charge >= 0.3 is 6.18 Å². The van der Waals surface area contributed by atoms with Crippen LogP contribution in [-0.2, 0) is 21.0 Å². The van der Waals surface area contributed by atoms with Gasteiger partial charge in [0.15, 0.2) is 0 Å². The summed E-state index contributed by atoms with van der Waals surface area (Å²) in [6.07, 6.45) is -0.0422. The van der Waals surface area contributed by atoms with Gasteiger partial charge in [0.2, 0.25) is 15.9 Å². The van der Waals surface area contributed by atoms with Gasteiger partial charge in [0.25, 0.3) is 0 Å². The molecule has 1 saturated carbocycles. The van der Waals surface area contributed by atoms with Crippen LogP contribution in [0.2, 0.25) is 0 Å². The van der Waals surface area contributed by atoms with Crippen molar-refractivity contribution in [3.63, 3.8) is 0 Å². The first-order chi connectivity index (χ1) is 16.0. The maximum absolute atomic E-state index is 13.3. The van der Waals surface area contributed by atoms with E-state index in [1.807, 2.05) is 0 Å². The number of nitrogens with zero attached hydrogens (tertiary/aromatic N) is 2. The normalized spacial score (nSPS) is 27.3. The Kier molecular flexibility index (Phi) is 7.32.